The van der Waals surface area contributed by atoms with Crippen LogP contribution >= 0.6 is 0 Å². The fourth-order valence-electron chi connectivity index (χ4n) is 8.45. The fourth-order valence-corrected chi connectivity index (χ4v) is 8.45. The highest BCUT2D eigenvalue weighted by Crippen LogP contribution is 2.42. The average Bonchev–Trinajstić information content (AvgIpc) is 3.47. The monoisotopic (exact) mass is 773 g/mol. The standard InChI is InChI=1S/C45H51N5O7/c1-27-9-19-37-36(25-27)34(21-23-46-37)31-13-11-30(12-14-31)29(3)42(52)49-32-15-17-33(18-16-32)56-24-5-4-22-47-40(51)26-57-39-8-6-7-35-41(39)45(55)50(44(35)54)38-20-10-28(2)48-43(38)53/h6-8,15-18,21,23,25,29-31,38H,2,4-5,9-14,19-20,22,24,26H2,1,3H3,(H,47,51)(H,48,53)(H,49,52). The van der Waals surface area contributed by atoms with Crippen LogP contribution in [-0.4, -0.2) is 65.2 Å². The molecule has 7 rings (SSSR count). The predicted octanol–water partition coefficient (Wildman–Crippen LogP) is 6.72. The molecule has 4 aliphatic rings. The van der Waals surface area contributed by atoms with E-state index in [0.29, 0.717) is 62.1 Å². The summed E-state index contributed by atoms with van der Waals surface area (Å²) in [5, 5.41) is 8.51. The first-order valence-electron chi connectivity index (χ1n) is 20.1. The molecule has 3 aromatic rings. The van der Waals surface area contributed by atoms with Crippen LogP contribution in [0, 0.1) is 11.8 Å². The number of piperidine rings is 1. The third kappa shape index (κ3) is 8.95. The van der Waals surface area contributed by atoms with E-state index in [4.69, 9.17) is 9.47 Å². The van der Waals surface area contributed by atoms with Crippen molar-refractivity contribution in [3.63, 3.8) is 0 Å². The van der Waals surface area contributed by atoms with Crippen molar-refractivity contribution in [2.75, 3.05) is 25.1 Å². The minimum absolute atomic E-state index is 0.0413. The first-order valence-corrected chi connectivity index (χ1v) is 20.1. The highest BCUT2D eigenvalue weighted by Gasteiger charge is 2.45. The smallest absolute Gasteiger partial charge is 0.266 e. The molecule has 3 heterocycles. The number of aryl methyl sites for hydroxylation is 1. The first kappa shape index (κ1) is 39.5. The van der Waals surface area contributed by atoms with Gasteiger partial charge in [0.25, 0.3) is 17.7 Å². The third-order valence-electron chi connectivity index (χ3n) is 11.8. The Kier molecular flexibility index (Phi) is 12.2. The van der Waals surface area contributed by atoms with Gasteiger partial charge < -0.3 is 25.4 Å². The van der Waals surface area contributed by atoms with E-state index in [9.17, 15) is 24.0 Å². The van der Waals surface area contributed by atoms with Crippen LogP contribution in [-0.2, 0) is 20.8 Å². The second-order valence-electron chi connectivity index (χ2n) is 15.7. The summed E-state index contributed by atoms with van der Waals surface area (Å²) in [6, 6.07) is 13.3. The zero-order chi connectivity index (χ0) is 40.1. The zero-order valence-electron chi connectivity index (χ0n) is 32.7. The maximum Gasteiger partial charge on any atom is 0.266 e. The van der Waals surface area contributed by atoms with E-state index in [2.05, 4.69) is 46.6 Å². The number of carbonyl (C=O) groups excluding carboxylic acids is 5. The van der Waals surface area contributed by atoms with Crippen molar-refractivity contribution in [3.8, 4) is 11.5 Å². The lowest BCUT2D eigenvalue weighted by molar-refractivity contribution is -0.125. The number of benzene rings is 2. The lowest BCUT2D eigenvalue weighted by atomic mass is 9.73. The summed E-state index contributed by atoms with van der Waals surface area (Å²) in [7, 11) is 0. The van der Waals surface area contributed by atoms with Crippen molar-refractivity contribution < 1.29 is 33.4 Å². The Morgan fingerprint density at radius 3 is 2.51 bits per heavy atom. The molecule has 1 aromatic heterocycles. The van der Waals surface area contributed by atoms with Crippen LogP contribution < -0.4 is 25.4 Å². The Morgan fingerprint density at radius 1 is 0.947 bits per heavy atom. The van der Waals surface area contributed by atoms with E-state index in [0.717, 1.165) is 49.1 Å². The van der Waals surface area contributed by atoms with Gasteiger partial charge in [0.05, 0.1) is 17.7 Å². The summed E-state index contributed by atoms with van der Waals surface area (Å²) in [6.45, 7) is 8.50. The lowest BCUT2D eigenvalue weighted by Crippen LogP contribution is -2.51. The van der Waals surface area contributed by atoms with Crippen LogP contribution in [0.3, 0.4) is 0 Å². The molecule has 298 valence electrons. The molecular weight excluding hydrogens is 723 g/mol. The molecule has 57 heavy (non-hydrogen) atoms. The summed E-state index contributed by atoms with van der Waals surface area (Å²) in [5.41, 5.74) is 6.87. The van der Waals surface area contributed by atoms with Crippen molar-refractivity contribution in [1.29, 1.82) is 0 Å². The highest BCUT2D eigenvalue weighted by atomic mass is 16.5. The molecule has 3 N–H and O–H groups in total. The summed E-state index contributed by atoms with van der Waals surface area (Å²) >= 11 is 0. The number of fused-ring (bicyclic) bond motifs is 2. The van der Waals surface area contributed by atoms with Crippen molar-refractivity contribution in [2.45, 2.75) is 90.0 Å². The quantitative estimate of drug-likeness (QED) is 0.120. The van der Waals surface area contributed by atoms with E-state index >= 15 is 0 Å². The van der Waals surface area contributed by atoms with E-state index in [-0.39, 0.29) is 41.2 Å². The molecule has 2 aliphatic carbocycles. The van der Waals surface area contributed by atoms with Crippen LogP contribution in [0.15, 0.2) is 72.6 Å². The number of nitrogens with zero attached hydrogens (tertiary/aromatic N) is 2. The van der Waals surface area contributed by atoms with Crippen LogP contribution in [0.25, 0.3) is 6.08 Å². The largest absolute Gasteiger partial charge is 0.494 e. The van der Waals surface area contributed by atoms with Gasteiger partial charge in [-0.25, -0.2) is 0 Å². The number of unbranched alkanes of at least 4 members (excludes halogenated alkanes) is 1. The number of hydrogen-bond donors (Lipinski definition) is 3. The van der Waals surface area contributed by atoms with Crippen molar-refractivity contribution in [1.82, 2.24) is 20.5 Å². The molecule has 0 spiro atoms. The van der Waals surface area contributed by atoms with Crippen LogP contribution in [0.5, 0.6) is 11.5 Å². The Labute approximate surface area is 333 Å². The summed E-state index contributed by atoms with van der Waals surface area (Å²) in [6.07, 6.45) is 12.7. The van der Waals surface area contributed by atoms with Gasteiger partial charge in [-0.05, 0) is 137 Å². The zero-order valence-corrected chi connectivity index (χ0v) is 32.7. The number of rotatable bonds is 14. The number of ether oxygens (including phenoxy) is 2. The lowest BCUT2D eigenvalue weighted by Gasteiger charge is -2.33. The molecule has 12 nitrogen and oxygen atoms in total. The molecule has 2 aliphatic heterocycles. The van der Waals surface area contributed by atoms with Gasteiger partial charge in [-0.3, -0.25) is 33.9 Å². The first-order chi connectivity index (χ1) is 27.6. The fraction of sp³-hybridized carbons (Fsp3) is 0.422. The second kappa shape index (κ2) is 17.6. The Morgan fingerprint density at radius 2 is 1.74 bits per heavy atom. The molecule has 0 bridgehead atoms. The van der Waals surface area contributed by atoms with E-state index in [1.807, 2.05) is 37.4 Å². The van der Waals surface area contributed by atoms with Crippen LogP contribution in [0.2, 0.25) is 0 Å². The number of imide groups is 1. The number of aromatic nitrogens is 1. The van der Waals surface area contributed by atoms with Gasteiger partial charge in [0.15, 0.2) is 6.61 Å². The molecule has 12 heteroatoms. The minimum atomic E-state index is -0.933. The van der Waals surface area contributed by atoms with Gasteiger partial charge in [-0.1, -0.05) is 31.2 Å². The number of allylic oxidation sites excluding steroid dienone is 2. The Bertz CT molecular complexity index is 2090. The summed E-state index contributed by atoms with van der Waals surface area (Å²) in [5.74, 6) is -0.380. The second-order valence-corrected chi connectivity index (χ2v) is 15.7. The Hall–Kier alpha value is -5.78. The number of hydrogen-bond acceptors (Lipinski definition) is 8. The van der Waals surface area contributed by atoms with Crippen LogP contribution in [0.1, 0.15) is 115 Å². The molecule has 2 unspecified atom stereocenters. The van der Waals surface area contributed by atoms with Gasteiger partial charge in [0, 0.05) is 35.7 Å². The number of nitrogens with one attached hydrogen (secondary N) is 3. The van der Waals surface area contributed by atoms with Crippen LogP contribution in [0.4, 0.5) is 5.69 Å². The molecule has 1 saturated carbocycles. The van der Waals surface area contributed by atoms with Gasteiger partial charge in [-0.2, -0.15) is 0 Å². The number of amides is 5. The molecule has 2 aromatic carbocycles. The number of anilines is 1. The minimum Gasteiger partial charge on any atom is -0.494 e. The third-order valence-corrected chi connectivity index (χ3v) is 11.8. The predicted molar refractivity (Wildman–Crippen MR) is 216 cm³/mol. The number of pyridine rings is 1. The van der Waals surface area contributed by atoms with E-state index in [1.165, 1.54) is 34.5 Å². The van der Waals surface area contributed by atoms with Gasteiger partial charge in [-0.15, -0.1) is 0 Å². The normalized spacial score (nSPS) is 20.8. The molecule has 5 amide bonds. The van der Waals surface area contributed by atoms with Gasteiger partial charge >= 0.3 is 0 Å². The number of carbonyl (C=O) groups is 5. The molecular formula is C45H51N5O7. The molecule has 1 saturated heterocycles. The highest BCUT2D eigenvalue weighted by molar-refractivity contribution is 6.24. The van der Waals surface area contributed by atoms with Crippen molar-refractivity contribution in [3.05, 3.63) is 101 Å². The molecule has 2 atom stereocenters. The molecule has 2 fully saturated rings. The van der Waals surface area contributed by atoms with Gasteiger partial charge in [0.2, 0.25) is 11.8 Å². The van der Waals surface area contributed by atoms with E-state index in [1.54, 1.807) is 6.07 Å². The molecule has 0 radical (unpaired) electrons. The maximum atomic E-state index is 13.3. The summed E-state index contributed by atoms with van der Waals surface area (Å²) < 4.78 is 11.6. The maximum absolute atomic E-state index is 13.3. The Balaban J connectivity index is 0.785. The van der Waals surface area contributed by atoms with Gasteiger partial charge in [0.1, 0.15) is 17.5 Å². The summed E-state index contributed by atoms with van der Waals surface area (Å²) in [4.78, 5) is 70.3. The van der Waals surface area contributed by atoms with E-state index < -0.39 is 23.8 Å². The SMILES string of the molecule is C=C1CCC(N2C(=O)c3cccc(OCC(=O)NCCCCOc4ccc(NC(=O)C(C)C5CCC(c6ccnc7c6C=C(C)CC7)CC5)cc4)c3C2=O)C(=O)N1. The van der Waals surface area contributed by atoms with Crippen molar-refractivity contribution in [2.24, 2.45) is 11.8 Å². The average molecular weight is 774 g/mol. The van der Waals surface area contributed by atoms with Crippen molar-refractivity contribution >= 4 is 41.3 Å². The topological polar surface area (TPSA) is 156 Å².